The second kappa shape index (κ2) is 5.47. The molecule has 0 fully saturated rings. The third-order valence-electron chi connectivity index (χ3n) is 2.08. The van der Waals surface area contributed by atoms with Crippen LogP contribution in [0, 0.1) is 0 Å². The minimum atomic E-state index is 0.116. The van der Waals surface area contributed by atoms with Gasteiger partial charge in [0.15, 0.2) is 5.78 Å². The zero-order valence-electron chi connectivity index (χ0n) is 8.34. The van der Waals surface area contributed by atoms with E-state index in [2.05, 4.69) is 29.8 Å². The summed E-state index contributed by atoms with van der Waals surface area (Å²) in [5.74, 6) is 0.116. The van der Waals surface area contributed by atoms with Gasteiger partial charge in [-0.2, -0.15) is 0 Å². The summed E-state index contributed by atoms with van der Waals surface area (Å²) in [6.07, 6.45) is 3.66. The van der Waals surface area contributed by atoms with E-state index in [9.17, 15) is 4.79 Å². The maximum atomic E-state index is 11.8. The summed E-state index contributed by atoms with van der Waals surface area (Å²) in [6.45, 7) is 4.15. The van der Waals surface area contributed by atoms with Gasteiger partial charge in [-0.25, -0.2) is 0 Å². The first-order valence-electron chi connectivity index (χ1n) is 4.65. The van der Waals surface area contributed by atoms with Crippen molar-refractivity contribution in [2.75, 3.05) is 0 Å². The highest BCUT2D eigenvalue weighted by Crippen LogP contribution is 2.24. The van der Waals surface area contributed by atoms with Gasteiger partial charge in [0.1, 0.15) is 0 Å². The first-order valence-corrected chi connectivity index (χ1v) is 6.33. The van der Waals surface area contributed by atoms with E-state index in [4.69, 9.17) is 0 Å². The molecular weight excluding hydrogens is 260 g/mol. The second-order valence-corrected chi connectivity index (χ2v) is 4.74. The van der Waals surface area contributed by atoms with Crippen molar-refractivity contribution in [3.8, 4) is 0 Å². The number of halogens is 1. The predicted molar refractivity (Wildman–Crippen MR) is 65.0 cm³/mol. The van der Waals surface area contributed by atoms with Crippen molar-refractivity contribution in [2.45, 2.75) is 26.7 Å². The van der Waals surface area contributed by atoms with E-state index in [1.54, 1.807) is 6.08 Å². The van der Waals surface area contributed by atoms with Gasteiger partial charge in [0, 0.05) is 4.47 Å². The molecule has 0 amide bonds. The molecular formula is C11H13BrOS. The monoisotopic (exact) mass is 272 g/mol. The second-order valence-electron chi connectivity index (χ2n) is 2.97. The molecule has 1 nitrogen and oxygen atoms in total. The number of ketones is 1. The summed E-state index contributed by atoms with van der Waals surface area (Å²) in [5.41, 5.74) is 1.20. The van der Waals surface area contributed by atoms with Crippen molar-refractivity contribution in [1.29, 1.82) is 0 Å². The Labute approximate surface area is 97.0 Å². The molecule has 1 aromatic rings. The first-order chi connectivity index (χ1) is 6.69. The van der Waals surface area contributed by atoms with Gasteiger partial charge < -0.3 is 0 Å². The Morgan fingerprint density at radius 2 is 2.14 bits per heavy atom. The van der Waals surface area contributed by atoms with Crippen LogP contribution in [0.25, 0.3) is 0 Å². The molecule has 0 aromatic carbocycles. The Hall–Kier alpha value is -0.410. The molecule has 0 saturated carbocycles. The number of hydrogen-bond acceptors (Lipinski definition) is 2. The molecule has 0 unspecified atom stereocenters. The summed E-state index contributed by atoms with van der Waals surface area (Å²) in [7, 11) is 0. The Morgan fingerprint density at radius 3 is 2.57 bits per heavy atom. The van der Waals surface area contributed by atoms with E-state index >= 15 is 0 Å². The fourth-order valence-electron chi connectivity index (χ4n) is 1.17. The predicted octanol–water partition coefficient (Wildman–Crippen LogP) is 4.44. The van der Waals surface area contributed by atoms with Crippen molar-refractivity contribution in [3.63, 3.8) is 0 Å². The fourth-order valence-corrected chi connectivity index (χ4v) is 2.65. The maximum absolute atomic E-state index is 11.8. The fraction of sp³-hybridized carbons (Fsp3) is 0.364. The highest BCUT2D eigenvalue weighted by atomic mass is 79.9. The smallest absolute Gasteiger partial charge is 0.196 e. The molecule has 14 heavy (non-hydrogen) atoms. The van der Waals surface area contributed by atoms with Crippen LogP contribution in [0.5, 0.6) is 0 Å². The van der Waals surface area contributed by atoms with Gasteiger partial charge in [-0.3, -0.25) is 4.79 Å². The van der Waals surface area contributed by atoms with Gasteiger partial charge in [0.05, 0.1) is 4.88 Å². The lowest BCUT2D eigenvalue weighted by Crippen LogP contribution is -1.93. The standard InChI is InChI=1S/C11H13BrOS/c1-3-8(4-2)7-10(13)11-9(12)5-6-14-11/h5-7H,3-4H2,1-2H3. The molecule has 0 N–H and O–H groups in total. The molecule has 0 aliphatic rings. The lowest BCUT2D eigenvalue weighted by atomic mass is 10.1. The van der Waals surface area contributed by atoms with Crippen molar-refractivity contribution in [1.82, 2.24) is 0 Å². The summed E-state index contributed by atoms with van der Waals surface area (Å²) in [6, 6.07) is 1.91. The molecule has 0 aliphatic heterocycles. The van der Waals surface area contributed by atoms with E-state index in [0.717, 1.165) is 22.2 Å². The van der Waals surface area contributed by atoms with Gasteiger partial charge in [-0.15, -0.1) is 11.3 Å². The Morgan fingerprint density at radius 1 is 1.50 bits per heavy atom. The summed E-state index contributed by atoms with van der Waals surface area (Å²) < 4.78 is 0.898. The topological polar surface area (TPSA) is 17.1 Å². The number of rotatable bonds is 4. The highest BCUT2D eigenvalue weighted by molar-refractivity contribution is 9.10. The van der Waals surface area contributed by atoms with Crippen LogP contribution in [0.1, 0.15) is 36.4 Å². The number of allylic oxidation sites excluding steroid dienone is 2. The molecule has 3 heteroatoms. The number of hydrogen-bond donors (Lipinski definition) is 0. The highest BCUT2D eigenvalue weighted by Gasteiger charge is 2.09. The normalized spacial score (nSPS) is 9.93. The third-order valence-corrected chi connectivity index (χ3v) is 3.94. The Kier molecular flexibility index (Phi) is 4.55. The average molecular weight is 273 g/mol. The minimum Gasteiger partial charge on any atom is -0.288 e. The van der Waals surface area contributed by atoms with Gasteiger partial charge >= 0.3 is 0 Å². The molecule has 1 heterocycles. The lowest BCUT2D eigenvalue weighted by Gasteiger charge is -1.98. The molecule has 76 valence electrons. The minimum absolute atomic E-state index is 0.116. The van der Waals surface area contributed by atoms with E-state index < -0.39 is 0 Å². The Bertz CT molecular complexity index is 346. The molecule has 0 atom stereocenters. The van der Waals surface area contributed by atoms with Crippen LogP contribution < -0.4 is 0 Å². The van der Waals surface area contributed by atoms with Crippen LogP contribution >= 0.6 is 27.3 Å². The van der Waals surface area contributed by atoms with E-state index in [1.165, 1.54) is 16.9 Å². The van der Waals surface area contributed by atoms with Gasteiger partial charge in [0.25, 0.3) is 0 Å². The van der Waals surface area contributed by atoms with Crippen LogP contribution in [0.15, 0.2) is 27.6 Å². The van der Waals surface area contributed by atoms with Crippen LogP contribution in [-0.2, 0) is 0 Å². The van der Waals surface area contributed by atoms with Crippen molar-refractivity contribution in [3.05, 3.63) is 32.4 Å². The summed E-state index contributed by atoms with van der Waals surface area (Å²) >= 11 is 4.84. The summed E-state index contributed by atoms with van der Waals surface area (Å²) in [4.78, 5) is 12.6. The van der Waals surface area contributed by atoms with E-state index in [1.807, 2.05) is 11.4 Å². The number of carbonyl (C=O) groups is 1. The van der Waals surface area contributed by atoms with Crippen LogP contribution in [-0.4, -0.2) is 5.78 Å². The third kappa shape index (κ3) is 2.79. The van der Waals surface area contributed by atoms with Crippen LogP contribution in [0.3, 0.4) is 0 Å². The Balaban J connectivity index is 2.86. The molecule has 0 bridgehead atoms. The van der Waals surface area contributed by atoms with Crippen molar-refractivity contribution < 1.29 is 4.79 Å². The van der Waals surface area contributed by atoms with Gasteiger partial charge in [-0.05, 0) is 46.3 Å². The zero-order chi connectivity index (χ0) is 10.6. The van der Waals surface area contributed by atoms with E-state index in [0.29, 0.717) is 0 Å². The van der Waals surface area contributed by atoms with Crippen molar-refractivity contribution >= 4 is 33.0 Å². The molecule has 0 saturated heterocycles. The van der Waals surface area contributed by atoms with Crippen LogP contribution in [0.4, 0.5) is 0 Å². The van der Waals surface area contributed by atoms with Gasteiger partial charge in [-0.1, -0.05) is 19.4 Å². The quantitative estimate of drug-likeness (QED) is 0.585. The molecule has 1 aromatic heterocycles. The molecule has 0 spiro atoms. The number of thiophene rings is 1. The van der Waals surface area contributed by atoms with E-state index in [-0.39, 0.29) is 5.78 Å². The molecule has 0 aliphatic carbocycles. The van der Waals surface area contributed by atoms with Gasteiger partial charge in [0.2, 0.25) is 0 Å². The van der Waals surface area contributed by atoms with Crippen LogP contribution in [0.2, 0.25) is 0 Å². The SMILES string of the molecule is CCC(=CC(=O)c1sccc1Br)CC. The molecule has 0 radical (unpaired) electrons. The maximum Gasteiger partial charge on any atom is 0.196 e. The molecule has 1 rings (SSSR count). The lowest BCUT2D eigenvalue weighted by molar-refractivity contribution is 0.104. The largest absolute Gasteiger partial charge is 0.288 e. The zero-order valence-corrected chi connectivity index (χ0v) is 10.7. The van der Waals surface area contributed by atoms with Crippen molar-refractivity contribution in [2.24, 2.45) is 0 Å². The average Bonchev–Trinajstić information content (AvgIpc) is 2.60. The number of carbonyl (C=O) groups excluding carboxylic acids is 1. The first kappa shape index (κ1) is 11.7. The summed E-state index contributed by atoms with van der Waals surface area (Å²) in [5, 5.41) is 1.92.